The second kappa shape index (κ2) is 5.52. The predicted molar refractivity (Wildman–Crippen MR) is 76.9 cm³/mol. The summed E-state index contributed by atoms with van der Waals surface area (Å²) in [5, 5.41) is 8.92. The molecule has 20 heavy (non-hydrogen) atoms. The summed E-state index contributed by atoms with van der Waals surface area (Å²) < 4.78 is 0. The van der Waals surface area contributed by atoms with E-state index in [0.29, 0.717) is 5.41 Å². The number of hydrogen-bond donors (Lipinski definition) is 1. The van der Waals surface area contributed by atoms with Gasteiger partial charge in [-0.3, -0.25) is 0 Å². The lowest BCUT2D eigenvalue weighted by Crippen LogP contribution is -2.54. The Morgan fingerprint density at radius 1 is 1.30 bits per heavy atom. The number of carboxylic acid groups (broad SMARTS) is 1. The molecular weight excluding hydrogens is 252 g/mol. The van der Waals surface area contributed by atoms with Crippen molar-refractivity contribution in [3.05, 3.63) is 29.6 Å². The first-order chi connectivity index (χ1) is 9.67. The van der Waals surface area contributed by atoms with Crippen LogP contribution in [0.1, 0.15) is 48.3 Å². The van der Waals surface area contributed by atoms with Crippen LogP contribution in [0.15, 0.2) is 18.2 Å². The third-order valence-electron chi connectivity index (χ3n) is 4.72. The first-order valence-corrected chi connectivity index (χ1v) is 7.59. The van der Waals surface area contributed by atoms with Gasteiger partial charge in [0.25, 0.3) is 0 Å². The van der Waals surface area contributed by atoms with Gasteiger partial charge in [0.1, 0.15) is 5.69 Å². The molecule has 1 spiro atoms. The molecule has 1 N–H and O–H groups in total. The molecule has 1 aliphatic heterocycles. The molecule has 1 aliphatic carbocycles. The van der Waals surface area contributed by atoms with E-state index in [-0.39, 0.29) is 5.69 Å². The Bertz CT molecular complexity index is 487. The fourth-order valence-electron chi connectivity index (χ4n) is 3.72. The molecule has 0 radical (unpaired) electrons. The van der Waals surface area contributed by atoms with Gasteiger partial charge in [0.05, 0.1) is 0 Å². The molecule has 0 aromatic carbocycles. The highest BCUT2D eigenvalue weighted by molar-refractivity contribution is 5.85. The van der Waals surface area contributed by atoms with Crippen LogP contribution in [0.25, 0.3) is 0 Å². The summed E-state index contributed by atoms with van der Waals surface area (Å²) in [6.07, 6.45) is 7.60. The molecular formula is C16H22N2O2. The van der Waals surface area contributed by atoms with Gasteiger partial charge in [-0.15, -0.1) is 0 Å². The second-order valence-electron chi connectivity index (χ2n) is 6.34. The number of aryl methyl sites for hydroxylation is 1. The summed E-state index contributed by atoms with van der Waals surface area (Å²) in [6.45, 7) is 3.66. The van der Waals surface area contributed by atoms with Crippen LogP contribution in [0, 0.1) is 5.41 Å². The molecule has 1 saturated carbocycles. The summed E-state index contributed by atoms with van der Waals surface area (Å²) in [5.74, 6) is -0.947. The van der Waals surface area contributed by atoms with E-state index in [1.54, 1.807) is 12.1 Å². The summed E-state index contributed by atoms with van der Waals surface area (Å²) in [6, 6.07) is 5.25. The van der Waals surface area contributed by atoms with Gasteiger partial charge in [-0.2, -0.15) is 0 Å². The number of hydrogen-bond acceptors (Lipinski definition) is 3. The first kappa shape index (κ1) is 13.6. The average molecular weight is 274 g/mol. The third-order valence-corrected chi connectivity index (χ3v) is 4.72. The van der Waals surface area contributed by atoms with Crippen LogP contribution in [0.5, 0.6) is 0 Å². The Kier molecular flexibility index (Phi) is 3.74. The maximum Gasteiger partial charge on any atom is 0.354 e. The highest BCUT2D eigenvalue weighted by Crippen LogP contribution is 2.45. The first-order valence-electron chi connectivity index (χ1n) is 7.59. The van der Waals surface area contributed by atoms with Crippen molar-refractivity contribution in [3.63, 3.8) is 0 Å². The minimum Gasteiger partial charge on any atom is -0.477 e. The molecule has 0 unspecified atom stereocenters. The Labute approximate surface area is 119 Å². The molecule has 4 heteroatoms. The van der Waals surface area contributed by atoms with E-state index in [2.05, 4.69) is 9.88 Å². The molecule has 2 fully saturated rings. The van der Waals surface area contributed by atoms with Crippen molar-refractivity contribution in [1.29, 1.82) is 0 Å². The van der Waals surface area contributed by atoms with Gasteiger partial charge in [0.15, 0.2) is 0 Å². The molecule has 1 aromatic rings. The van der Waals surface area contributed by atoms with Gasteiger partial charge in [-0.25, -0.2) is 9.78 Å². The predicted octanol–water partition coefficient (Wildman–Crippen LogP) is 2.59. The van der Waals surface area contributed by atoms with Crippen LogP contribution in [0.4, 0.5) is 0 Å². The van der Waals surface area contributed by atoms with Gasteiger partial charge in [0, 0.05) is 18.8 Å². The van der Waals surface area contributed by atoms with E-state index >= 15 is 0 Å². The lowest BCUT2D eigenvalue weighted by atomic mass is 9.78. The van der Waals surface area contributed by atoms with Gasteiger partial charge in [-0.1, -0.05) is 18.9 Å². The zero-order valence-corrected chi connectivity index (χ0v) is 11.8. The number of carboxylic acids is 1. The average Bonchev–Trinajstić information content (AvgIpc) is 2.88. The minimum absolute atomic E-state index is 0.149. The molecule has 0 atom stereocenters. The number of likely N-dealkylation sites (tertiary alicyclic amines) is 1. The maximum atomic E-state index is 10.9. The van der Waals surface area contributed by atoms with Crippen LogP contribution in [-0.4, -0.2) is 40.6 Å². The third kappa shape index (κ3) is 2.85. The summed E-state index contributed by atoms with van der Waals surface area (Å²) in [7, 11) is 0. The van der Waals surface area contributed by atoms with Gasteiger partial charge < -0.3 is 10.0 Å². The Hall–Kier alpha value is -1.42. The molecule has 3 rings (SSSR count). The Balaban J connectivity index is 1.42. The smallest absolute Gasteiger partial charge is 0.354 e. The topological polar surface area (TPSA) is 53.4 Å². The normalized spacial score (nSPS) is 21.0. The van der Waals surface area contributed by atoms with E-state index in [1.165, 1.54) is 38.8 Å². The molecule has 0 amide bonds. The molecule has 0 bridgehead atoms. The zero-order chi connectivity index (χ0) is 14.0. The summed E-state index contributed by atoms with van der Waals surface area (Å²) in [5.41, 5.74) is 1.71. The zero-order valence-electron chi connectivity index (χ0n) is 11.8. The SMILES string of the molecule is O=C(O)c1cccc(CCCN2CC3(CCCC3)C2)n1. The second-order valence-corrected chi connectivity index (χ2v) is 6.34. The van der Waals surface area contributed by atoms with E-state index in [9.17, 15) is 4.79 Å². The van der Waals surface area contributed by atoms with Crippen molar-refractivity contribution in [2.24, 2.45) is 5.41 Å². The van der Waals surface area contributed by atoms with Crippen molar-refractivity contribution in [2.45, 2.75) is 38.5 Å². The number of aromatic nitrogens is 1. The number of carbonyl (C=O) groups is 1. The number of pyridine rings is 1. The van der Waals surface area contributed by atoms with Crippen molar-refractivity contribution < 1.29 is 9.90 Å². The van der Waals surface area contributed by atoms with E-state index in [4.69, 9.17) is 5.11 Å². The van der Waals surface area contributed by atoms with Crippen LogP contribution >= 0.6 is 0 Å². The fourth-order valence-corrected chi connectivity index (χ4v) is 3.72. The van der Waals surface area contributed by atoms with Crippen molar-refractivity contribution in [1.82, 2.24) is 9.88 Å². The minimum atomic E-state index is -0.947. The Morgan fingerprint density at radius 3 is 2.75 bits per heavy atom. The number of aromatic carboxylic acids is 1. The molecule has 2 aliphatic rings. The monoisotopic (exact) mass is 274 g/mol. The summed E-state index contributed by atoms with van der Waals surface area (Å²) >= 11 is 0. The van der Waals surface area contributed by atoms with Gasteiger partial charge >= 0.3 is 5.97 Å². The lowest BCUT2D eigenvalue weighted by Gasteiger charge is -2.48. The highest BCUT2D eigenvalue weighted by atomic mass is 16.4. The van der Waals surface area contributed by atoms with Crippen LogP contribution in [0.3, 0.4) is 0 Å². The largest absolute Gasteiger partial charge is 0.477 e. The Morgan fingerprint density at radius 2 is 2.05 bits per heavy atom. The number of nitrogens with zero attached hydrogens (tertiary/aromatic N) is 2. The van der Waals surface area contributed by atoms with Gasteiger partial charge in [0.2, 0.25) is 0 Å². The quantitative estimate of drug-likeness (QED) is 0.896. The van der Waals surface area contributed by atoms with E-state index in [0.717, 1.165) is 25.1 Å². The molecule has 1 saturated heterocycles. The number of rotatable bonds is 5. The molecule has 4 nitrogen and oxygen atoms in total. The van der Waals surface area contributed by atoms with E-state index in [1.807, 2.05) is 6.07 Å². The lowest BCUT2D eigenvalue weighted by molar-refractivity contribution is 0.00569. The van der Waals surface area contributed by atoms with Crippen molar-refractivity contribution >= 4 is 5.97 Å². The van der Waals surface area contributed by atoms with Crippen molar-refractivity contribution in [2.75, 3.05) is 19.6 Å². The fraction of sp³-hybridized carbons (Fsp3) is 0.625. The standard InChI is InChI=1S/C16H22N2O2/c19-15(20)14-7-3-5-13(17-14)6-4-10-18-11-16(12-18)8-1-2-9-16/h3,5,7H,1-2,4,6,8-12H2,(H,19,20). The van der Waals surface area contributed by atoms with Crippen LogP contribution in [0.2, 0.25) is 0 Å². The van der Waals surface area contributed by atoms with E-state index < -0.39 is 5.97 Å². The maximum absolute atomic E-state index is 10.9. The summed E-state index contributed by atoms with van der Waals surface area (Å²) in [4.78, 5) is 17.6. The van der Waals surface area contributed by atoms with Gasteiger partial charge in [-0.05, 0) is 49.8 Å². The molecule has 2 heterocycles. The van der Waals surface area contributed by atoms with Crippen LogP contribution < -0.4 is 0 Å². The van der Waals surface area contributed by atoms with Crippen LogP contribution in [-0.2, 0) is 6.42 Å². The molecule has 1 aromatic heterocycles. The van der Waals surface area contributed by atoms with Crippen molar-refractivity contribution in [3.8, 4) is 0 Å². The molecule has 108 valence electrons. The highest BCUT2D eigenvalue weighted by Gasteiger charge is 2.43.